The van der Waals surface area contributed by atoms with Crippen LogP contribution in [0.4, 0.5) is 8.78 Å². The van der Waals surface area contributed by atoms with E-state index in [1.807, 2.05) is 0 Å². The minimum Gasteiger partial charge on any atom is -0.503 e. The molecule has 1 aromatic heterocycles. The monoisotopic (exact) mass is 269 g/mol. The SMILES string of the molecule is Cc1c(CC([O])=O)c(=O)oc2c(F)c(O)c(F)cc12. The van der Waals surface area contributed by atoms with Gasteiger partial charge in [0.25, 0.3) is 0 Å². The summed E-state index contributed by atoms with van der Waals surface area (Å²) in [7, 11) is 0. The Hall–Kier alpha value is -2.44. The lowest BCUT2D eigenvalue weighted by Gasteiger charge is -2.07. The Morgan fingerprint density at radius 2 is 2.05 bits per heavy atom. The highest BCUT2D eigenvalue weighted by Crippen LogP contribution is 2.30. The predicted octanol–water partition coefficient (Wildman–Crippen LogP) is 1.58. The summed E-state index contributed by atoms with van der Waals surface area (Å²) < 4.78 is 31.4. The third-order valence-electron chi connectivity index (χ3n) is 2.77. The highest BCUT2D eigenvalue weighted by molar-refractivity contribution is 5.84. The van der Waals surface area contributed by atoms with Crippen molar-refractivity contribution in [3.63, 3.8) is 0 Å². The third kappa shape index (κ3) is 2.03. The zero-order chi connectivity index (χ0) is 14.3. The molecule has 0 aliphatic rings. The smallest absolute Gasteiger partial charge is 0.360 e. The number of halogens is 2. The lowest BCUT2D eigenvalue weighted by molar-refractivity contribution is -0.142. The van der Waals surface area contributed by atoms with Crippen molar-refractivity contribution in [2.45, 2.75) is 13.3 Å². The number of aromatic hydroxyl groups is 1. The highest BCUT2D eigenvalue weighted by atomic mass is 19.1. The van der Waals surface area contributed by atoms with Crippen molar-refractivity contribution < 1.29 is 28.2 Å². The number of hydrogen-bond acceptors (Lipinski definition) is 4. The van der Waals surface area contributed by atoms with Gasteiger partial charge in [-0.2, -0.15) is 4.39 Å². The molecule has 0 saturated carbocycles. The maximum Gasteiger partial charge on any atom is 0.360 e. The van der Waals surface area contributed by atoms with Crippen LogP contribution in [-0.2, 0) is 16.3 Å². The first-order valence-electron chi connectivity index (χ1n) is 5.16. The second-order valence-corrected chi connectivity index (χ2v) is 3.94. The molecule has 0 aliphatic heterocycles. The minimum atomic E-state index is -1.52. The largest absolute Gasteiger partial charge is 0.503 e. The molecule has 0 spiro atoms. The molecule has 0 fully saturated rings. The Kier molecular flexibility index (Phi) is 2.97. The standard InChI is InChI=1S/C12H7F2O5/c1-4-5-2-7(13)10(17)9(14)11(5)19-12(18)6(4)3-8(15)16/h2,17H,3H2,1H3. The van der Waals surface area contributed by atoms with Crippen LogP contribution in [0.25, 0.3) is 11.0 Å². The average Bonchev–Trinajstić information content (AvgIpc) is 2.33. The van der Waals surface area contributed by atoms with E-state index in [9.17, 15) is 23.5 Å². The van der Waals surface area contributed by atoms with Gasteiger partial charge in [0.05, 0.1) is 12.0 Å². The topological polar surface area (TPSA) is 87.4 Å². The zero-order valence-electron chi connectivity index (χ0n) is 9.62. The lowest BCUT2D eigenvalue weighted by Crippen LogP contribution is -2.14. The van der Waals surface area contributed by atoms with Crippen LogP contribution in [0.3, 0.4) is 0 Å². The highest BCUT2D eigenvalue weighted by Gasteiger charge is 2.21. The van der Waals surface area contributed by atoms with Crippen molar-refractivity contribution >= 4 is 16.9 Å². The number of fused-ring (bicyclic) bond motifs is 1. The molecule has 1 aromatic carbocycles. The van der Waals surface area contributed by atoms with Gasteiger partial charge in [0.1, 0.15) is 0 Å². The van der Waals surface area contributed by atoms with Gasteiger partial charge < -0.3 is 9.52 Å². The van der Waals surface area contributed by atoms with E-state index >= 15 is 0 Å². The van der Waals surface area contributed by atoms with Crippen LogP contribution < -0.4 is 5.63 Å². The molecule has 0 atom stereocenters. The van der Waals surface area contributed by atoms with Gasteiger partial charge in [-0.3, -0.25) is 0 Å². The van der Waals surface area contributed by atoms with Crippen molar-refractivity contribution in [3.05, 3.63) is 39.2 Å². The van der Waals surface area contributed by atoms with E-state index in [0.717, 1.165) is 6.07 Å². The average molecular weight is 269 g/mol. The summed E-state index contributed by atoms with van der Waals surface area (Å²) in [4.78, 5) is 22.1. The van der Waals surface area contributed by atoms with Gasteiger partial charge in [0.2, 0.25) is 5.82 Å². The van der Waals surface area contributed by atoms with E-state index in [4.69, 9.17) is 5.11 Å². The molecule has 0 bridgehead atoms. The van der Waals surface area contributed by atoms with E-state index in [2.05, 4.69) is 4.42 Å². The van der Waals surface area contributed by atoms with Crippen LogP contribution in [-0.4, -0.2) is 11.1 Å². The minimum absolute atomic E-state index is 0.0632. The zero-order valence-corrected chi connectivity index (χ0v) is 9.62. The molecular formula is C12H7F2O5. The lowest BCUT2D eigenvalue weighted by atomic mass is 10.0. The van der Waals surface area contributed by atoms with Crippen LogP contribution in [0, 0.1) is 18.6 Å². The van der Waals surface area contributed by atoms with Crippen molar-refractivity contribution in [1.82, 2.24) is 0 Å². The molecular weight excluding hydrogens is 262 g/mol. The van der Waals surface area contributed by atoms with Crippen LogP contribution in [0.2, 0.25) is 0 Å². The fourth-order valence-electron chi connectivity index (χ4n) is 1.79. The number of benzene rings is 1. The molecule has 99 valence electrons. The fourth-order valence-corrected chi connectivity index (χ4v) is 1.79. The number of rotatable bonds is 2. The number of aryl methyl sites for hydroxylation is 1. The maximum absolute atomic E-state index is 13.6. The van der Waals surface area contributed by atoms with Crippen LogP contribution in [0.1, 0.15) is 11.1 Å². The van der Waals surface area contributed by atoms with E-state index in [1.165, 1.54) is 6.92 Å². The van der Waals surface area contributed by atoms with Crippen molar-refractivity contribution in [1.29, 1.82) is 0 Å². The molecule has 1 N–H and O–H groups in total. The summed E-state index contributed by atoms with van der Waals surface area (Å²) >= 11 is 0. The molecule has 2 aromatic rings. The van der Waals surface area contributed by atoms with Crippen molar-refractivity contribution in [2.24, 2.45) is 0 Å². The molecule has 0 amide bonds. The third-order valence-corrected chi connectivity index (χ3v) is 2.77. The van der Waals surface area contributed by atoms with Gasteiger partial charge in [-0.1, -0.05) is 0 Å². The Labute approximate surface area is 104 Å². The summed E-state index contributed by atoms with van der Waals surface area (Å²) in [6.45, 7) is 1.33. The fraction of sp³-hybridized carbons (Fsp3) is 0.167. The van der Waals surface area contributed by atoms with Gasteiger partial charge in [-0.25, -0.2) is 19.1 Å². The first-order chi connectivity index (χ1) is 8.82. The molecule has 2 rings (SSSR count). The Morgan fingerprint density at radius 1 is 1.42 bits per heavy atom. The van der Waals surface area contributed by atoms with E-state index in [1.54, 1.807) is 0 Å². The maximum atomic E-state index is 13.6. The molecule has 19 heavy (non-hydrogen) atoms. The van der Waals surface area contributed by atoms with Crippen LogP contribution >= 0.6 is 0 Å². The van der Waals surface area contributed by atoms with Crippen LogP contribution in [0.15, 0.2) is 15.3 Å². The van der Waals surface area contributed by atoms with E-state index in [-0.39, 0.29) is 16.5 Å². The normalized spacial score (nSPS) is 10.9. The van der Waals surface area contributed by atoms with E-state index < -0.39 is 41.0 Å². The molecule has 1 radical (unpaired) electrons. The van der Waals surface area contributed by atoms with E-state index in [0.29, 0.717) is 0 Å². The molecule has 1 heterocycles. The van der Waals surface area contributed by atoms with Gasteiger partial charge in [-0.05, 0) is 18.6 Å². The Morgan fingerprint density at radius 3 is 2.63 bits per heavy atom. The summed E-state index contributed by atoms with van der Waals surface area (Å²) in [6, 6.07) is 0.769. The second-order valence-electron chi connectivity index (χ2n) is 3.94. The quantitative estimate of drug-likeness (QED) is 0.838. The molecule has 0 saturated heterocycles. The molecule has 7 heteroatoms. The Bertz CT molecular complexity index is 748. The number of hydrogen-bond donors (Lipinski definition) is 1. The summed E-state index contributed by atoms with van der Waals surface area (Å²) in [5.74, 6) is -5.42. The number of carbonyl (C=O) groups excluding carboxylic acids is 1. The van der Waals surface area contributed by atoms with Gasteiger partial charge in [0.15, 0.2) is 17.1 Å². The summed E-state index contributed by atoms with van der Waals surface area (Å²) in [6.07, 6.45) is -0.728. The van der Waals surface area contributed by atoms with Crippen molar-refractivity contribution in [2.75, 3.05) is 0 Å². The van der Waals surface area contributed by atoms with Gasteiger partial charge in [0, 0.05) is 5.39 Å². The second kappa shape index (κ2) is 4.34. The number of phenolic OH excluding ortho intramolecular Hbond substituents is 1. The van der Waals surface area contributed by atoms with Gasteiger partial charge in [-0.15, -0.1) is 0 Å². The number of phenols is 1. The first kappa shape index (κ1) is 13.0. The van der Waals surface area contributed by atoms with Gasteiger partial charge >= 0.3 is 11.6 Å². The van der Waals surface area contributed by atoms with Crippen molar-refractivity contribution in [3.8, 4) is 5.75 Å². The first-order valence-corrected chi connectivity index (χ1v) is 5.16. The van der Waals surface area contributed by atoms with Crippen LogP contribution in [0.5, 0.6) is 5.75 Å². The molecule has 0 unspecified atom stereocenters. The summed E-state index contributed by atoms with van der Waals surface area (Å²) in [5, 5.41) is 19.5. The predicted molar refractivity (Wildman–Crippen MR) is 58.2 cm³/mol. The Balaban J connectivity index is 2.89. The molecule has 5 nitrogen and oxygen atoms in total. The number of carbonyl (C=O) groups is 1. The summed E-state index contributed by atoms with van der Waals surface area (Å²) in [5.41, 5.74) is -1.88. The molecule has 0 aliphatic carbocycles.